The predicted molar refractivity (Wildman–Crippen MR) is 160 cm³/mol. The van der Waals surface area contributed by atoms with Crippen molar-refractivity contribution in [2.24, 2.45) is 0 Å². The van der Waals surface area contributed by atoms with Crippen molar-refractivity contribution >= 4 is 26.5 Å². The number of nitrogens with zero attached hydrogens (tertiary/aromatic N) is 3. The van der Waals surface area contributed by atoms with Gasteiger partial charge in [0, 0.05) is 43.2 Å². The Morgan fingerprint density at radius 3 is 1.97 bits per heavy atom. The van der Waals surface area contributed by atoms with Crippen LogP contribution in [0.4, 0.5) is 5.13 Å². The van der Waals surface area contributed by atoms with E-state index in [0.29, 0.717) is 42.7 Å². The molecule has 0 radical (unpaired) electrons. The first kappa shape index (κ1) is 29.4. The van der Waals surface area contributed by atoms with Crippen LogP contribution in [0.15, 0.2) is 40.6 Å². The molecule has 4 rings (SSSR count). The van der Waals surface area contributed by atoms with E-state index in [1.54, 1.807) is 29.9 Å². The summed E-state index contributed by atoms with van der Waals surface area (Å²) >= 11 is 1.56. The molecule has 0 N–H and O–H groups in total. The lowest BCUT2D eigenvalue weighted by Crippen LogP contribution is -2.49. The fourth-order valence-electron chi connectivity index (χ4n) is 4.98. The zero-order valence-electron chi connectivity index (χ0n) is 24.3. The van der Waals surface area contributed by atoms with Crippen molar-refractivity contribution in [1.29, 1.82) is 0 Å². The SMILES string of the molecule is COc1ccc(-c2csc(N3CCN(S(=O)(=O)c4c(C(C)C)cc(C(C)C)cc4C(C)C)CC3)n2)c(OC)c1. The summed E-state index contributed by atoms with van der Waals surface area (Å²) in [5.74, 6) is 1.98. The van der Waals surface area contributed by atoms with Crippen molar-refractivity contribution in [3.63, 3.8) is 0 Å². The monoisotopic (exact) mass is 571 g/mol. The predicted octanol–water partition coefficient (Wildman–Crippen LogP) is 6.71. The highest BCUT2D eigenvalue weighted by Gasteiger charge is 2.34. The number of rotatable bonds is 9. The normalized spacial score (nSPS) is 15.0. The van der Waals surface area contributed by atoms with Gasteiger partial charge in [-0.1, -0.05) is 53.7 Å². The number of aromatic nitrogens is 1. The number of hydrogen-bond donors (Lipinski definition) is 0. The molecule has 0 spiro atoms. The molecule has 1 fully saturated rings. The van der Waals surface area contributed by atoms with Gasteiger partial charge < -0.3 is 14.4 Å². The number of anilines is 1. The maximum atomic E-state index is 14.1. The van der Waals surface area contributed by atoms with Gasteiger partial charge in [-0.2, -0.15) is 4.31 Å². The van der Waals surface area contributed by atoms with Crippen molar-refractivity contribution in [3.05, 3.63) is 52.4 Å². The molecule has 1 saturated heterocycles. The molecule has 0 amide bonds. The molecule has 212 valence electrons. The number of hydrogen-bond acceptors (Lipinski definition) is 7. The smallest absolute Gasteiger partial charge is 0.243 e. The largest absolute Gasteiger partial charge is 0.497 e. The van der Waals surface area contributed by atoms with Gasteiger partial charge in [0.15, 0.2) is 5.13 Å². The molecule has 0 unspecified atom stereocenters. The van der Waals surface area contributed by atoms with E-state index in [0.717, 1.165) is 33.3 Å². The van der Waals surface area contributed by atoms with E-state index in [9.17, 15) is 8.42 Å². The Morgan fingerprint density at radius 2 is 1.46 bits per heavy atom. The van der Waals surface area contributed by atoms with E-state index in [4.69, 9.17) is 14.5 Å². The van der Waals surface area contributed by atoms with Crippen molar-refractivity contribution in [1.82, 2.24) is 9.29 Å². The lowest BCUT2D eigenvalue weighted by Gasteiger charge is -2.35. The third kappa shape index (κ3) is 5.95. The van der Waals surface area contributed by atoms with Crippen LogP contribution >= 0.6 is 11.3 Å². The highest BCUT2D eigenvalue weighted by atomic mass is 32.2. The van der Waals surface area contributed by atoms with Crippen molar-refractivity contribution < 1.29 is 17.9 Å². The molecule has 0 aliphatic carbocycles. The van der Waals surface area contributed by atoms with Gasteiger partial charge in [-0.05, 0) is 46.6 Å². The van der Waals surface area contributed by atoms with Gasteiger partial charge in [0.2, 0.25) is 10.0 Å². The minimum atomic E-state index is -3.65. The lowest BCUT2D eigenvalue weighted by molar-refractivity contribution is 0.383. The average Bonchev–Trinajstić information content (AvgIpc) is 3.42. The summed E-state index contributed by atoms with van der Waals surface area (Å²) < 4.78 is 40.8. The van der Waals surface area contributed by atoms with E-state index in [1.165, 1.54) is 5.56 Å². The van der Waals surface area contributed by atoms with Crippen LogP contribution in [0.2, 0.25) is 0 Å². The van der Waals surface area contributed by atoms with Crippen LogP contribution in [0.25, 0.3) is 11.3 Å². The molecule has 3 aromatic rings. The van der Waals surface area contributed by atoms with Crippen molar-refractivity contribution in [2.75, 3.05) is 45.3 Å². The molecule has 2 aromatic carbocycles. The number of thiazole rings is 1. The van der Waals surface area contributed by atoms with Gasteiger partial charge in [0.25, 0.3) is 0 Å². The Hall–Kier alpha value is -2.62. The molecule has 1 aliphatic heterocycles. The standard InChI is InChI=1S/C30H41N3O4S2/c1-19(2)22-15-25(20(3)4)29(26(16-22)21(5)6)39(34,35)33-13-11-32(12-14-33)30-31-27(18-38-30)24-10-9-23(36-7)17-28(24)37-8/h9-10,15-21H,11-14H2,1-8H3. The number of methoxy groups -OCH3 is 2. The molecule has 39 heavy (non-hydrogen) atoms. The van der Waals surface area contributed by atoms with Gasteiger partial charge in [0.05, 0.1) is 24.8 Å². The van der Waals surface area contributed by atoms with E-state index < -0.39 is 10.0 Å². The number of piperazine rings is 1. The second-order valence-corrected chi connectivity index (χ2v) is 13.7. The molecule has 2 heterocycles. The zero-order chi connectivity index (χ0) is 28.5. The molecule has 1 aliphatic rings. The van der Waals surface area contributed by atoms with Gasteiger partial charge in [-0.3, -0.25) is 0 Å². The van der Waals surface area contributed by atoms with E-state index in [2.05, 4.69) is 58.6 Å². The van der Waals surface area contributed by atoms with E-state index in [-0.39, 0.29) is 11.8 Å². The molecule has 0 bridgehead atoms. The van der Waals surface area contributed by atoms with Crippen LogP contribution in [-0.2, 0) is 10.0 Å². The zero-order valence-corrected chi connectivity index (χ0v) is 25.9. The van der Waals surface area contributed by atoms with Gasteiger partial charge in [-0.15, -0.1) is 11.3 Å². The minimum Gasteiger partial charge on any atom is -0.497 e. The van der Waals surface area contributed by atoms with E-state index in [1.807, 2.05) is 23.6 Å². The summed E-state index contributed by atoms with van der Waals surface area (Å²) in [6, 6.07) is 9.90. The Bertz CT molecular complexity index is 1380. The van der Waals surface area contributed by atoms with Crippen LogP contribution in [0, 0.1) is 0 Å². The highest BCUT2D eigenvalue weighted by molar-refractivity contribution is 7.89. The summed E-state index contributed by atoms with van der Waals surface area (Å²) in [6.45, 7) is 14.7. The molecular formula is C30H41N3O4S2. The maximum Gasteiger partial charge on any atom is 0.243 e. The Balaban J connectivity index is 1.58. The van der Waals surface area contributed by atoms with Gasteiger partial charge in [-0.25, -0.2) is 13.4 Å². The fraction of sp³-hybridized carbons (Fsp3) is 0.500. The van der Waals surface area contributed by atoms with Crippen molar-refractivity contribution in [2.45, 2.75) is 64.2 Å². The first-order valence-electron chi connectivity index (χ1n) is 13.6. The third-order valence-electron chi connectivity index (χ3n) is 7.36. The molecule has 0 saturated carbocycles. The molecular weight excluding hydrogens is 530 g/mol. The summed E-state index contributed by atoms with van der Waals surface area (Å²) in [5, 5.41) is 2.90. The van der Waals surface area contributed by atoms with Crippen LogP contribution in [0.3, 0.4) is 0 Å². The highest BCUT2D eigenvalue weighted by Crippen LogP contribution is 2.38. The quantitative estimate of drug-likeness (QED) is 0.284. The Kier molecular flexibility index (Phi) is 8.93. The van der Waals surface area contributed by atoms with Crippen molar-refractivity contribution in [3.8, 4) is 22.8 Å². The molecule has 1 aromatic heterocycles. The van der Waals surface area contributed by atoms with Gasteiger partial charge in [0.1, 0.15) is 11.5 Å². The first-order valence-corrected chi connectivity index (χ1v) is 15.9. The van der Waals surface area contributed by atoms with Crippen LogP contribution in [-0.4, -0.2) is 58.1 Å². The van der Waals surface area contributed by atoms with E-state index >= 15 is 0 Å². The van der Waals surface area contributed by atoms with Crippen LogP contribution in [0.5, 0.6) is 11.5 Å². The summed E-state index contributed by atoms with van der Waals surface area (Å²) in [6.07, 6.45) is 0. The summed E-state index contributed by atoms with van der Waals surface area (Å²) in [5.41, 5.74) is 4.77. The lowest BCUT2D eigenvalue weighted by atomic mass is 9.89. The second kappa shape index (κ2) is 11.9. The molecule has 9 heteroatoms. The molecule has 0 atom stereocenters. The first-order chi connectivity index (χ1) is 18.5. The van der Waals surface area contributed by atoms with Crippen LogP contribution < -0.4 is 14.4 Å². The topological polar surface area (TPSA) is 72.0 Å². The van der Waals surface area contributed by atoms with Gasteiger partial charge >= 0.3 is 0 Å². The second-order valence-electron chi connectivity index (χ2n) is 11.0. The average molecular weight is 572 g/mol. The summed E-state index contributed by atoms with van der Waals surface area (Å²) in [7, 11) is -0.390. The molecule has 7 nitrogen and oxygen atoms in total. The number of benzene rings is 2. The fourth-order valence-corrected chi connectivity index (χ4v) is 7.95. The maximum absolute atomic E-state index is 14.1. The Labute approximate surface area is 237 Å². The summed E-state index contributed by atoms with van der Waals surface area (Å²) in [4.78, 5) is 7.55. The number of ether oxygens (including phenoxy) is 2. The number of sulfonamides is 1. The third-order valence-corrected chi connectivity index (χ3v) is 10.3. The van der Waals surface area contributed by atoms with Crippen LogP contribution in [0.1, 0.15) is 76.0 Å². The Morgan fingerprint density at radius 1 is 0.846 bits per heavy atom. The minimum absolute atomic E-state index is 0.107.